The highest BCUT2D eigenvalue weighted by Gasteiger charge is 2.46. The van der Waals surface area contributed by atoms with Crippen molar-refractivity contribution in [2.45, 2.75) is 43.8 Å². The van der Waals surface area contributed by atoms with Crippen LogP contribution >= 0.6 is 0 Å². The maximum atomic E-state index is 12.8. The van der Waals surface area contributed by atoms with Crippen LogP contribution in [0.2, 0.25) is 0 Å². The van der Waals surface area contributed by atoms with Crippen LogP contribution in [-0.4, -0.2) is 55.2 Å². The summed E-state index contributed by atoms with van der Waals surface area (Å²) in [4.78, 5) is 25.1. The van der Waals surface area contributed by atoms with Crippen LogP contribution in [0, 0.1) is 5.92 Å². The molecule has 1 aliphatic heterocycles. The van der Waals surface area contributed by atoms with Crippen LogP contribution in [0.5, 0.6) is 0 Å². The van der Waals surface area contributed by atoms with Gasteiger partial charge in [-0.3, -0.25) is 14.9 Å². The Kier molecular flexibility index (Phi) is 4.99. The zero-order chi connectivity index (χ0) is 16.4. The van der Waals surface area contributed by atoms with E-state index < -0.39 is 29.5 Å². The standard InChI is InChI=1S/C14H21F3N2O3/c1-22-12(21)13(5-3-6-13)18-8-11(20)19-7-2-4-10(9-19)14(15,16)17/h10,18H,2-9H2,1H3/t10-/m1/s1. The van der Waals surface area contributed by atoms with Crippen molar-refractivity contribution < 1.29 is 27.5 Å². The first kappa shape index (κ1) is 17.1. The van der Waals surface area contributed by atoms with Gasteiger partial charge >= 0.3 is 12.1 Å². The molecule has 1 amide bonds. The lowest BCUT2D eigenvalue weighted by molar-refractivity contribution is -0.188. The summed E-state index contributed by atoms with van der Waals surface area (Å²) >= 11 is 0. The Morgan fingerprint density at radius 1 is 1.32 bits per heavy atom. The molecule has 2 fully saturated rings. The number of carbonyl (C=O) groups is 2. The van der Waals surface area contributed by atoms with Gasteiger partial charge in [0, 0.05) is 13.1 Å². The average molecular weight is 322 g/mol. The highest BCUT2D eigenvalue weighted by atomic mass is 19.4. The molecule has 2 rings (SSSR count). The van der Waals surface area contributed by atoms with E-state index in [1.54, 1.807) is 0 Å². The molecule has 1 N–H and O–H groups in total. The molecule has 0 aromatic carbocycles. The monoisotopic (exact) mass is 322 g/mol. The Hall–Kier alpha value is -1.31. The number of likely N-dealkylation sites (tertiary alicyclic amines) is 1. The topological polar surface area (TPSA) is 58.6 Å². The van der Waals surface area contributed by atoms with Gasteiger partial charge in [0.15, 0.2) is 0 Å². The number of halogens is 3. The van der Waals surface area contributed by atoms with Gasteiger partial charge in [-0.15, -0.1) is 0 Å². The smallest absolute Gasteiger partial charge is 0.393 e. The first-order chi connectivity index (χ1) is 10.3. The van der Waals surface area contributed by atoms with E-state index in [9.17, 15) is 22.8 Å². The molecule has 1 saturated heterocycles. The van der Waals surface area contributed by atoms with E-state index in [1.807, 2.05) is 0 Å². The van der Waals surface area contributed by atoms with Gasteiger partial charge in [-0.25, -0.2) is 0 Å². The molecule has 2 aliphatic rings. The van der Waals surface area contributed by atoms with Crippen LogP contribution in [0.15, 0.2) is 0 Å². The molecular weight excluding hydrogens is 301 g/mol. The molecule has 0 bridgehead atoms. The molecule has 5 nitrogen and oxygen atoms in total. The summed E-state index contributed by atoms with van der Waals surface area (Å²) in [5, 5.41) is 2.89. The summed E-state index contributed by atoms with van der Waals surface area (Å²) in [6.45, 7) is -0.104. The molecule has 8 heteroatoms. The number of piperidine rings is 1. The van der Waals surface area contributed by atoms with Crippen molar-refractivity contribution in [3.63, 3.8) is 0 Å². The SMILES string of the molecule is COC(=O)C1(NCC(=O)N2CCC[C@@H](C(F)(F)F)C2)CCC1. The van der Waals surface area contributed by atoms with Gasteiger partial charge in [-0.1, -0.05) is 0 Å². The van der Waals surface area contributed by atoms with Crippen LogP contribution in [0.25, 0.3) is 0 Å². The second-order valence-corrected chi connectivity index (χ2v) is 6.00. The third-order valence-electron chi connectivity index (χ3n) is 4.60. The lowest BCUT2D eigenvalue weighted by Gasteiger charge is -2.40. The van der Waals surface area contributed by atoms with E-state index in [4.69, 9.17) is 4.74 Å². The fourth-order valence-electron chi connectivity index (χ4n) is 3.01. The third kappa shape index (κ3) is 3.53. The van der Waals surface area contributed by atoms with Gasteiger partial charge in [-0.05, 0) is 32.1 Å². The summed E-state index contributed by atoms with van der Waals surface area (Å²) in [7, 11) is 1.28. The Morgan fingerprint density at radius 3 is 2.50 bits per heavy atom. The maximum absolute atomic E-state index is 12.8. The highest BCUT2D eigenvalue weighted by molar-refractivity contribution is 5.84. The first-order valence-corrected chi connectivity index (χ1v) is 7.46. The van der Waals surface area contributed by atoms with E-state index in [0.29, 0.717) is 25.8 Å². The zero-order valence-corrected chi connectivity index (χ0v) is 12.5. The quantitative estimate of drug-likeness (QED) is 0.797. The van der Waals surface area contributed by atoms with Crippen molar-refractivity contribution in [3.8, 4) is 0 Å². The number of hydrogen-bond acceptors (Lipinski definition) is 4. The van der Waals surface area contributed by atoms with E-state index in [-0.39, 0.29) is 19.5 Å². The molecule has 0 unspecified atom stereocenters. The average Bonchev–Trinajstić information content (AvgIpc) is 2.44. The van der Waals surface area contributed by atoms with Gasteiger partial charge in [0.2, 0.25) is 5.91 Å². The predicted octanol–water partition coefficient (Wildman–Crippen LogP) is 1.47. The summed E-state index contributed by atoms with van der Waals surface area (Å²) in [6.07, 6.45) is -1.84. The highest BCUT2D eigenvalue weighted by Crippen LogP contribution is 2.34. The molecule has 22 heavy (non-hydrogen) atoms. The molecular formula is C14H21F3N2O3. The van der Waals surface area contributed by atoms with Crippen LogP contribution < -0.4 is 5.32 Å². The second kappa shape index (κ2) is 6.44. The van der Waals surface area contributed by atoms with Gasteiger partial charge in [0.05, 0.1) is 19.6 Å². The van der Waals surface area contributed by atoms with Crippen LogP contribution in [0.4, 0.5) is 13.2 Å². The summed E-state index contributed by atoms with van der Waals surface area (Å²) in [5.41, 5.74) is -0.844. The molecule has 0 aromatic heterocycles. The minimum atomic E-state index is -4.27. The van der Waals surface area contributed by atoms with Crippen molar-refractivity contribution in [2.24, 2.45) is 5.92 Å². The van der Waals surface area contributed by atoms with Crippen LogP contribution in [0.3, 0.4) is 0 Å². The van der Waals surface area contributed by atoms with Gasteiger partial charge in [0.25, 0.3) is 0 Å². The molecule has 1 aliphatic carbocycles. The molecule has 1 heterocycles. The number of esters is 1. The zero-order valence-electron chi connectivity index (χ0n) is 12.5. The van der Waals surface area contributed by atoms with E-state index in [1.165, 1.54) is 12.0 Å². The number of methoxy groups -OCH3 is 1. The van der Waals surface area contributed by atoms with Crippen LogP contribution in [-0.2, 0) is 14.3 Å². The Labute approximate surface area is 127 Å². The number of nitrogens with zero attached hydrogens (tertiary/aromatic N) is 1. The van der Waals surface area contributed by atoms with Crippen LogP contribution in [0.1, 0.15) is 32.1 Å². The maximum Gasteiger partial charge on any atom is 0.393 e. The number of ether oxygens (including phenoxy) is 1. The third-order valence-corrected chi connectivity index (χ3v) is 4.60. The van der Waals surface area contributed by atoms with Crippen molar-refractivity contribution in [2.75, 3.05) is 26.7 Å². The number of amides is 1. The van der Waals surface area contributed by atoms with E-state index >= 15 is 0 Å². The predicted molar refractivity (Wildman–Crippen MR) is 72.0 cm³/mol. The van der Waals surface area contributed by atoms with Crippen molar-refractivity contribution in [3.05, 3.63) is 0 Å². The Bertz CT molecular complexity index is 436. The largest absolute Gasteiger partial charge is 0.468 e. The normalized spacial score (nSPS) is 24.5. The molecule has 126 valence electrons. The van der Waals surface area contributed by atoms with Gasteiger partial charge in [0.1, 0.15) is 5.54 Å². The van der Waals surface area contributed by atoms with E-state index in [0.717, 1.165) is 6.42 Å². The Balaban J connectivity index is 1.88. The fourth-order valence-corrected chi connectivity index (χ4v) is 3.01. The van der Waals surface area contributed by atoms with Crippen molar-refractivity contribution in [1.82, 2.24) is 10.2 Å². The number of carbonyl (C=O) groups excluding carboxylic acids is 2. The molecule has 1 saturated carbocycles. The fraction of sp³-hybridized carbons (Fsp3) is 0.857. The Morgan fingerprint density at radius 2 is 2.00 bits per heavy atom. The number of alkyl halides is 3. The number of rotatable bonds is 4. The molecule has 0 radical (unpaired) electrons. The first-order valence-electron chi connectivity index (χ1n) is 7.46. The minimum absolute atomic E-state index is 0.0623. The van der Waals surface area contributed by atoms with E-state index in [2.05, 4.69) is 5.32 Å². The van der Waals surface area contributed by atoms with Gasteiger partial charge in [-0.2, -0.15) is 13.2 Å². The minimum Gasteiger partial charge on any atom is -0.468 e. The second-order valence-electron chi connectivity index (χ2n) is 6.00. The van der Waals surface area contributed by atoms with Crippen molar-refractivity contribution in [1.29, 1.82) is 0 Å². The lowest BCUT2D eigenvalue weighted by Crippen LogP contribution is -2.60. The summed E-state index contributed by atoms with van der Waals surface area (Å²) in [6, 6.07) is 0. The number of nitrogens with one attached hydrogen (secondary N) is 1. The van der Waals surface area contributed by atoms with Crippen molar-refractivity contribution >= 4 is 11.9 Å². The summed E-state index contributed by atoms with van der Waals surface area (Å²) in [5.74, 6) is -2.27. The lowest BCUT2D eigenvalue weighted by atomic mass is 9.76. The molecule has 1 atom stereocenters. The summed E-state index contributed by atoms with van der Waals surface area (Å²) < 4.78 is 43.0. The number of hydrogen-bond donors (Lipinski definition) is 1. The molecule has 0 spiro atoms. The molecule has 0 aromatic rings. The van der Waals surface area contributed by atoms with Gasteiger partial charge < -0.3 is 9.64 Å².